The van der Waals surface area contributed by atoms with Crippen LogP contribution in [0.2, 0.25) is 5.02 Å². The van der Waals surface area contributed by atoms with Crippen molar-refractivity contribution >= 4 is 40.4 Å². The lowest BCUT2D eigenvalue weighted by molar-refractivity contribution is -0.132. The Bertz CT molecular complexity index is 1420. The van der Waals surface area contributed by atoms with Crippen molar-refractivity contribution in [2.24, 2.45) is 0 Å². The number of rotatable bonds is 9. The van der Waals surface area contributed by atoms with E-state index in [1.165, 1.54) is 38.4 Å². The van der Waals surface area contributed by atoms with E-state index in [9.17, 15) is 14.7 Å². The molecule has 1 amide bonds. The van der Waals surface area contributed by atoms with Crippen molar-refractivity contribution in [3.8, 4) is 17.2 Å². The van der Waals surface area contributed by atoms with Gasteiger partial charge < -0.3 is 24.2 Å². The first kappa shape index (κ1) is 27.9. The zero-order valence-corrected chi connectivity index (χ0v) is 23.3. The number of benzene rings is 3. The molecule has 1 unspecified atom stereocenters. The summed E-state index contributed by atoms with van der Waals surface area (Å²) < 4.78 is 16.1. The SMILES string of the molecule is CCN(CC)c1ccc(C2/C(=C(\O)c3cc(OC)c(Cl)cc3OC)C(=O)C(=O)N2c2cccc(OC)c2)cc1. The van der Waals surface area contributed by atoms with Crippen molar-refractivity contribution in [1.82, 2.24) is 0 Å². The fourth-order valence-corrected chi connectivity index (χ4v) is 5.05. The van der Waals surface area contributed by atoms with Gasteiger partial charge in [0.05, 0.1) is 43.5 Å². The van der Waals surface area contributed by atoms with E-state index in [0.717, 1.165) is 18.8 Å². The molecule has 0 radical (unpaired) electrons. The topological polar surface area (TPSA) is 88.5 Å². The molecule has 3 aromatic rings. The van der Waals surface area contributed by atoms with Crippen molar-refractivity contribution in [3.05, 3.63) is 82.4 Å². The lowest BCUT2D eigenvalue weighted by Gasteiger charge is -2.27. The molecule has 1 N–H and O–H groups in total. The average Bonchev–Trinajstić information content (AvgIpc) is 3.23. The maximum atomic E-state index is 13.6. The van der Waals surface area contributed by atoms with E-state index in [1.54, 1.807) is 24.3 Å². The van der Waals surface area contributed by atoms with Crippen LogP contribution in [0.25, 0.3) is 5.76 Å². The number of hydrogen-bond acceptors (Lipinski definition) is 7. The number of methoxy groups -OCH3 is 3. The molecular formula is C30H31ClN2O6. The van der Waals surface area contributed by atoms with Crippen LogP contribution in [0.15, 0.2) is 66.2 Å². The Morgan fingerprint density at radius 2 is 1.59 bits per heavy atom. The summed E-state index contributed by atoms with van der Waals surface area (Å²) in [7, 11) is 4.39. The van der Waals surface area contributed by atoms with E-state index in [1.807, 2.05) is 24.3 Å². The monoisotopic (exact) mass is 550 g/mol. The summed E-state index contributed by atoms with van der Waals surface area (Å²) in [6.45, 7) is 5.80. The van der Waals surface area contributed by atoms with Gasteiger partial charge in [-0.05, 0) is 49.7 Å². The number of ether oxygens (including phenoxy) is 3. The van der Waals surface area contributed by atoms with Crippen LogP contribution in [-0.2, 0) is 9.59 Å². The minimum atomic E-state index is -0.922. The highest BCUT2D eigenvalue weighted by atomic mass is 35.5. The molecule has 0 aromatic heterocycles. The van der Waals surface area contributed by atoms with Gasteiger partial charge in [0.2, 0.25) is 0 Å². The number of aliphatic hydroxyl groups excluding tert-OH is 1. The van der Waals surface area contributed by atoms with E-state index < -0.39 is 23.5 Å². The van der Waals surface area contributed by atoms with E-state index in [0.29, 0.717) is 17.0 Å². The van der Waals surface area contributed by atoms with Gasteiger partial charge in [0.1, 0.15) is 23.0 Å². The van der Waals surface area contributed by atoms with Crippen LogP contribution in [-0.4, -0.2) is 51.2 Å². The van der Waals surface area contributed by atoms with Gasteiger partial charge in [-0.2, -0.15) is 0 Å². The fourth-order valence-electron chi connectivity index (χ4n) is 4.82. The van der Waals surface area contributed by atoms with E-state index >= 15 is 0 Å². The van der Waals surface area contributed by atoms with Gasteiger partial charge in [-0.25, -0.2) is 0 Å². The predicted octanol–water partition coefficient (Wildman–Crippen LogP) is 5.84. The standard InChI is InChI=1S/C30H31ClN2O6/c1-6-32(7-2)19-13-11-18(12-14-19)27-26(28(34)22-16-25(39-5)23(31)17-24(22)38-4)29(35)30(36)33(27)20-9-8-10-21(15-20)37-3/h8-17,27,34H,6-7H2,1-5H3/b28-26+. The molecule has 1 fully saturated rings. The van der Waals surface area contributed by atoms with Gasteiger partial charge in [-0.1, -0.05) is 29.8 Å². The lowest BCUT2D eigenvalue weighted by Crippen LogP contribution is -2.29. The van der Waals surface area contributed by atoms with Gasteiger partial charge in [0.25, 0.3) is 11.7 Å². The number of halogens is 1. The number of anilines is 2. The number of carbonyl (C=O) groups excluding carboxylic acids is 2. The molecule has 0 bridgehead atoms. The van der Waals surface area contributed by atoms with Gasteiger partial charge in [-0.15, -0.1) is 0 Å². The molecule has 0 saturated carbocycles. The van der Waals surface area contributed by atoms with Gasteiger partial charge in [0.15, 0.2) is 0 Å². The van der Waals surface area contributed by atoms with Crippen LogP contribution in [0.1, 0.15) is 31.0 Å². The lowest BCUT2D eigenvalue weighted by atomic mass is 9.94. The molecule has 3 aromatic carbocycles. The summed E-state index contributed by atoms with van der Waals surface area (Å²) >= 11 is 6.27. The maximum absolute atomic E-state index is 13.6. The first-order chi connectivity index (χ1) is 18.8. The summed E-state index contributed by atoms with van der Waals surface area (Å²) in [5.41, 5.74) is 2.20. The molecular weight excluding hydrogens is 520 g/mol. The Labute approximate surface area is 233 Å². The Balaban J connectivity index is 1.97. The van der Waals surface area contributed by atoms with Crippen LogP contribution < -0.4 is 24.0 Å². The van der Waals surface area contributed by atoms with E-state index in [-0.39, 0.29) is 27.7 Å². The third-order valence-electron chi connectivity index (χ3n) is 6.84. The molecule has 8 nitrogen and oxygen atoms in total. The summed E-state index contributed by atoms with van der Waals surface area (Å²) in [6, 6.07) is 16.5. The summed E-state index contributed by atoms with van der Waals surface area (Å²) in [6.07, 6.45) is 0. The minimum Gasteiger partial charge on any atom is -0.507 e. The number of aliphatic hydroxyl groups is 1. The predicted molar refractivity (Wildman–Crippen MR) is 152 cm³/mol. The average molecular weight is 551 g/mol. The zero-order valence-electron chi connectivity index (χ0n) is 22.5. The molecule has 1 heterocycles. The van der Waals surface area contributed by atoms with Gasteiger partial charge >= 0.3 is 0 Å². The number of nitrogens with zero attached hydrogens (tertiary/aromatic N) is 2. The van der Waals surface area contributed by atoms with Crippen molar-refractivity contribution in [3.63, 3.8) is 0 Å². The second kappa shape index (κ2) is 11.7. The highest BCUT2D eigenvalue weighted by molar-refractivity contribution is 6.51. The number of amides is 1. The number of ketones is 1. The zero-order chi connectivity index (χ0) is 28.3. The molecule has 0 aliphatic carbocycles. The largest absolute Gasteiger partial charge is 0.507 e. The van der Waals surface area contributed by atoms with Crippen molar-refractivity contribution < 1.29 is 28.9 Å². The number of hydrogen-bond donors (Lipinski definition) is 1. The Hall–Kier alpha value is -4.17. The Kier molecular flexibility index (Phi) is 8.35. The number of carbonyl (C=O) groups is 2. The normalized spacial score (nSPS) is 16.4. The van der Waals surface area contributed by atoms with Crippen LogP contribution in [0.5, 0.6) is 17.2 Å². The molecule has 1 saturated heterocycles. The van der Waals surface area contributed by atoms with Gasteiger partial charge in [0, 0.05) is 36.6 Å². The molecule has 204 valence electrons. The van der Waals surface area contributed by atoms with Crippen LogP contribution >= 0.6 is 11.6 Å². The molecule has 1 aliphatic heterocycles. The van der Waals surface area contributed by atoms with Crippen molar-refractivity contribution in [2.45, 2.75) is 19.9 Å². The fraction of sp³-hybridized carbons (Fsp3) is 0.267. The Morgan fingerprint density at radius 3 is 2.18 bits per heavy atom. The third kappa shape index (κ3) is 5.12. The maximum Gasteiger partial charge on any atom is 0.300 e. The van der Waals surface area contributed by atoms with Gasteiger partial charge in [-0.3, -0.25) is 14.5 Å². The molecule has 4 rings (SSSR count). The second-order valence-electron chi connectivity index (χ2n) is 8.82. The molecule has 1 aliphatic rings. The minimum absolute atomic E-state index is 0.0823. The molecule has 1 atom stereocenters. The van der Waals surface area contributed by atoms with E-state index in [2.05, 4.69) is 18.7 Å². The molecule has 39 heavy (non-hydrogen) atoms. The quantitative estimate of drug-likeness (QED) is 0.203. The summed E-state index contributed by atoms with van der Waals surface area (Å²) in [5, 5.41) is 11.9. The first-order valence-corrected chi connectivity index (χ1v) is 12.9. The highest BCUT2D eigenvalue weighted by Gasteiger charge is 2.47. The highest BCUT2D eigenvalue weighted by Crippen LogP contribution is 2.45. The summed E-state index contributed by atoms with van der Waals surface area (Å²) in [4.78, 5) is 30.7. The van der Waals surface area contributed by atoms with Crippen molar-refractivity contribution in [2.75, 3.05) is 44.2 Å². The van der Waals surface area contributed by atoms with Crippen molar-refractivity contribution in [1.29, 1.82) is 0 Å². The number of Topliss-reactive ketones (excluding diaryl/α,β-unsaturated/α-hetero) is 1. The van der Waals surface area contributed by atoms with Crippen LogP contribution in [0.4, 0.5) is 11.4 Å². The smallest absolute Gasteiger partial charge is 0.300 e. The van der Waals surface area contributed by atoms with E-state index in [4.69, 9.17) is 25.8 Å². The molecule has 9 heteroatoms. The third-order valence-corrected chi connectivity index (χ3v) is 7.14. The first-order valence-electron chi connectivity index (χ1n) is 12.5. The van der Waals surface area contributed by atoms with Crippen LogP contribution in [0.3, 0.4) is 0 Å². The second-order valence-corrected chi connectivity index (χ2v) is 9.23. The summed E-state index contributed by atoms with van der Waals surface area (Å²) in [5.74, 6) is -0.980. The Morgan fingerprint density at radius 1 is 0.923 bits per heavy atom. The molecule has 0 spiro atoms. The van der Waals surface area contributed by atoms with Crippen LogP contribution in [0, 0.1) is 0 Å².